The minimum atomic E-state index is 0.108. The van der Waals surface area contributed by atoms with Gasteiger partial charge < -0.3 is 9.64 Å². The zero-order valence-electron chi connectivity index (χ0n) is 14.5. The van der Waals surface area contributed by atoms with Crippen molar-refractivity contribution in [3.05, 3.63) is 47.8 Å². The van der Waals surface area contributed by atoms with Gasteiger partial charge in [-0.15, -0.1) is 0 Å². The number of carbonyl (C=O) groups excluding carboxylic acids is 1. The van der Waals surface area contributed by atoms with Crippen LogP contribution in [0.4, 0.5) is 0 Å². The fourth-order valence-corrected chi connectivity index (χ4v) is 3.97. The molecule has 1 atom stereocenters. The van der Waals surface area contributed by atoms with Gasteiger partial charge in [0, 0.05) is 36.5 Å². The van der Waals surface area contributed by atoms with Crippen LogP contribution in [-0.4, -0.2) is 40.2 Å². The molecule has 1 aliphatic heterocycles. The number of hydrogen-bond donors (Lipinski definition) is 1. The lowest BCUT2D eigenvalue weighted by molar-refractivity contribution is 0.0706. The van der Waals surface area contributed by atoms with Gasteiger partial charge in [0.2, 0.25) is 0 Å². The monoisotopic (exact) mass is 339 g/mol. The normalized spacial score (nSPS) is 21.4. The van der Waals surface area contributed by atoms with E-state index in [1.807, 2.05) is 35.2 Å². The lowest BCUT2D eigenvalue weighted by atomic mass is 9.94. The van der Waals surface area contributed by atoms with E-state index in [1.54, 1.807) is 6.20 Å². The highest BCUT2D eigenvalue weighted by Gasteiger charge is 2.26. The van der Waals surface area contributed by atoms with Crippen molar-refractivity contribution < 1.29 is 9.53 Å². The van der Waals surface area contributed by atoms with Crippen LogP contribution < -0.4 is 4.74 Å². The first-order valence-corrected chi connectivity index (χ1v) is 9.35. The van der Waals surface area contributed by atoms with Crippen LogP contribution in [0.3, 0.4) is 0 Å². The van der Waals surface area contributed by atoms with Crippen LogP contribution in [0.15, 0.2) is 36.5 Å². The number of nitrogens with zero attached hydrogens (tertiary/aromatic N) is 2. The Labute approximate surface area is 148 Å². The van der Waals surface area contributed by atoms with Gasteiger partial charge in [-0.05, 0) is 68.9 Å². The van der Waals surface area contributed by atoms with E-state index in [0.29, 0.717) is 12.0 Å². The SMILES string of the molecule is O=C(c1ccc(OC2CCCC2)cc1)N1CCC[C@H](c2ccn[nH]2)C1. The lowest BCUT2D eigenvalue weighted by Crippen LogP contribution is -2.39. The molecule has 2 aliphatic rings. The van der Waals surface area contributed by atoms with Crippen LogP contribution >= 0.6 is 0 Å². The maximum atomic E-state index is 12.8. The smallest absolute Gasteiger partial charge is 0.253 e. The van der Waals surface area contributed by atoms with Crippen molar-refractivity contribution >= 4 is 5.91 Å². The summed E-state index contributed by atoms with van der Waals surface area (Å²) in [5.74, 6) is 1.33. The molecule has 0 radical (unpaired) electrons. The van der Waals surface area contributed by atoms with Crippen molar-refractivity contribution in [1.29, 1.82) is 0 Å². The average Bonchev–Trinajstić information content (AvgIpc) is 3.36. The lowest BCUT2D eigenvalue weighted by Gasteiger charge is -2.32. The van der Waals surface area contributed by atoms with Crippen LogP contribution in [0.1, 0.15) is 60.5 Å². The van der Waals surface area contributed by atoms with Gasteiger partial charge in [0.05, 0.1) is 6.10 Å². The fraction of sp³-hybridized carbons (Fsp3) is 0.500. The number of amides is 1. The molecule has 2 heterocycles. The van der Waals surface area contributed by atoms with Crippen LogP contribution in [0, 0.1) is 0 Å². The quantitative estimate of drug-likeness (QED) is 0.923. The largest absolute Gasteiger partial charge is 0.490 e. The molecule has 1 saturated heterocycles. The van der Waals surface area contributed by atoms with Gasteiger partial charge in [-0.2, -0.15) is 5.10 Å². The molecule has 0 unspecified atom stereocenters. The van der Waals surface area contributed by atoms with E-state index in [4.69, 9.17) is 4.74 Å². The number of aromatic nitrogens is 2. The van der Waals surface area contributed by atoms with E-state index in [-0.39, 0.29) is 5.91 Å². The molecule has 0 bridgehead atoms. The Kier molecular flexibility index (Phi) is 4.72. The third-order valence-corrected chi connectivity index (χ3v) is 5.38. The van der Waals surface area contributed by atoms with Gasteiger partial charge in [-0.3, -0.25) is 9.89 Å². The Hall–Kier alpha value is -2.30. The highest BCUT2D eigenvalue weighted by molar-refractivity contribution is 5.94. The molecule has 1 aromatic carbocycles. The maximum absolute atomic E-state index is 12.8. The van der Waals surface area contributed by atoms with Crippen molar-refractivity contribution in [2.75, 3.05) is 13.1 Å². The van der Waals surface area contributed by atoms with E-state index >= 15 is 0 Å². The number of rotatable bonds is 4. The standard InChI is InChI=1S/C20H25N3O2/c24-20(23-13-3-4-16(14-23)19-11-12-21-22-19)15-7-9-18(10-8-15)25-17-5-1-2-6-17/h7-12,16-17H,1-6,13-14H2,(H,21,22)/t16-/m0/s1. The van der Waals surface area contributed by atoms with Gasteiger partial charge >= 0.3 is 0 Å². The predicted molar refractivity (Wildman–Crippen MR) is 95.8 cm³/mol. The summed E-state index contributed by atoms with van der Waals surface area (Å²) < 4.78 is 5.99. The number of aromatic amines is 1. The van der Waals surface area contributed by atoms with Crippen LogP contribution in [0.25, 0.3) is 0 Å². The number of hydrogen-bond acceptors (Lipinski definition) is 3. The second-order valence-electron chi connectivity index (χ2n) is 7.15. The molecule has 5 nitrogen and oxygen atoms in total. The highest BCUT2D eigenvalue weighted by atomic mass is 16.5. The molecular formula is C20H25N3O2. The minimum absolute atomic E-state index is 0.108. The molecule has 1 amide bonds. The maximum Gasteiger partial charge on any atom is 0.253 e. The first kappa shape index (κ1) is 16.2. The summed E-state index contributed by atoms with van der Waals surface area (Å²) in [5.41, 5.74) is 1.86. The van der Waals surface area contributed by atoms with Crippen LogP contribution in [-0.2, 0) is 0 Å². The molecule has 2 fully saturated rings. The Morgan fingerprint density at radius 2 is 1.88 bits per heavy atom. The third kappa shape index (κ3) is 3.70. The van der Waals surface area contributed by atoms with E-state index < -0.39 is 0 Å². The summed E-state index contributed by atoms with van der Waals surface area (Å²) in [7, 11) is 0. The molecule has 1 N–H and O–H groups in total. The third-order valence-electron chi connectivity index (χ3n) is 5.38. The van der Waals surface area contributed by atoms with E-state index in [0.717, 1.165) is 55.8 Å². The fourth-order valence-electron chi connectivity index (χ4n) is 3.97. The molecule has 132 valence electrons. The predicted octanol–water partition coefficient (Wildman–Crippen LogP) is 3.75. The van der Waals surface area contributed by atoms with E-state index in [2.05, 4.69) is 10.2 Å². The number of H-pyrrole nitrogens is 1. The summed E-state index contributed by atoms with van der Waals surface area (Å²) in [5, 5.41) is 7.08. The highest BCUT2D eigenvalue weighted by Crippen LogP contribution is 2.27. The first-order valence-electron chi connectivity index (χ1n) is 9.35. The summed E-state index contributed by atoms with van der Waals surface area (Å²) in [4.78, 5) is 14.8. The minimum Gasteiger partial charge on any atom is -0.490 e. The van der Waals surface area contributed by atoms with Gasteiger partial charge in [-0.25, -0.2) is 0 Å². The van der Waals surface area contributed by atoms with Crippen molar-refractivity contribution in [1.82, 2.24) is 15.1 Å². The van der Waals surface area contributed by atoms with Crippen molar-refractivity contribution in [2.45, 2.75) is 50.5 Å². The Morgan fingerprint density at radius 1 is 1.08 bits per heavy atom. The molecule has 1 saturated carbocycles. The number of piperidine rings is 1. The number of ether oxygens (including phenoxy) is 1. The van der Waals surface area contributed by atoms with Crippen molar-refractivity contribution in [3.63, 3.8) is 0 Å². The molecule has 0 spiro atoms. The molecule has 1 aliphatic carbocycles. The van der Waals surface area contributed by atoms with Crippen LogP contribution in [0.5, 0.6) is 5.75 Å². The summed E-state index contributed by atoms with van der Waals surface area (Å²) in [6.07, 6.45) is 9.05. The Bertz CT molecular complexity index is 690. The van der Waals surface area contributed by atoms with Gasteiger partial charge in [0.25, 0.3) is 5.91 Å². The summed E-state index contributed by atoms with van der Waals surface area (Å²) >= 11 is 0. The Morgan fingerprint density at radius 3 is 2.60 bits per heavy atom. The van der Waals surface area contributed by atoms with Crippen molar-refractivity contribution in [2.24, 2.45) is 0 Å². The number of benzene rings is 1. The molecule has 1 aromatic heterocycles. The summed E-state index contributed by atoms with van der Waals surface area (Å²) in [6, 6.07) is 9.66. The van der Waals surface area contributed by atoms with Crippen molar-refractivity contribution in [3.8, 4) is 5.75 Å². The van der Waals surface area contributed by atoms with E-state index in [1.165, 1.54) is 12.8 Å². The summed E-state index contributed by atoms with van der Waals surface area (Å²) in [6.45, 7) is 1.57. The number of nitrogens with one attached hydrogen (secondary N) is 1. The molecule has 4 rings (SSSR count). The molecular weight excluding hydrogens is 314 g/mol. The zero-order chi connectivity index (χ0) is 17.1. The van der Waals surface area contributed by atoms with Crippen LogP contribution in [0.2, 0.25) is 0 Å². The zero-order valence-corrected chi connectivity index (χ0v) is 14.5. The van der Waals surface area contributed by atoms with Gasteiger partial charge in [0.1, 0.15) is 5.75 Å². The molecule has 2 aromatic rings. The molecule has 5 heteroatoms. The molecule has 25 heavy (non-hydrogen) atoms. The topological polar surface area (TPSA) is 58.2 Å². The second kappa shape index (κ2) is 7.30. The van der Waals surface area contributed by atoms with E-state index in [9.17, 15) is 4.79 Å². The average molecular weight is 339 g/mol. The number of likely N-dealkylation sites (tertiary alicyclic amines) is 1. The van der Waals surface area contributed by atoms with Gasteiger partial charge in [-0.1, -0.05) is 0 Å². The Balaban J connectivity index is 1.39. The second-order valence-corrected chi connectivity index (χ2v) is 7.15. The first-order chi connectivity index (χ1) is 12.3. The number of carbonyl (C=O) groups is 1. The van der Waals surface area contributed by atoms with Gasteiger partial charge in [0.15, 0.2) is 0 Å².